The van der Waals surface area contributed by atoms with Gasteiger partial charge in [0.15, 0.2) is 11.6 Å². The van der Waals surface area contributed by atoms with E-state index < -0.39 is 11.6 Å². The smallest absolute Gasteiger partial charge is 0.253 e. The van der Waals surface area contributed by atoms with Gasteiger partial charge in [0.1, 0.15) is 0 Å². The van der Waals surface area contributed by atoms with Crippen molar-refractivity contribution in [2.45, 2.75) is 20.0 Å². The van der Waals surface area contributed by atoms with Crippen molar-refractivity contribution >= 4 is 5.91 Å². The molecule has 3 nitrogen and oxygen atoms in total. The molecule has 138 valence electrons. The van der Waals surface area contributed by atoms with Crippen LogP contribution in [-0.4, -0.2) is 10.8 Å². The van der Waals surface area contributed by atoms with Crippen molar-refractivity contribution in [2.24, 2.45) is 0 Å². The van der Waals surface area contributed by atoms with Gasteiger partial charge < -0.3 is 10.2 Å². The van der Waals surface area contributed by atoms with E-state index in [4.69, 9.17) is 0 Å². The minimum atomic E-state index is -0.897. The Morgan fingerprint density at radius 1 is 1.11 bits per heavy atom. The number of nitrogens with zero attached hydrogens (tertiary/aromatic N) is 1. The first-order valence-electron chi connectivity index (χ1n) is 8.56. The SMILES string of the molecule is C=C1C(C(=O)NCc2cccc(C)c2)=CC=CN1Cc1ccc(F)c(F)c1. The molecule has 0 fully saturated rings. The zero-order valence-corrected chi connectivity index (χ0v) is 15.0. The summed E-state index contributed by atoms with van der Waals surface area (Å²) >= 11 is 0. The molecule has 0 unspecified atom stereocenters. The number of carbonyl (C=O) groups excluding carboxylic acids is 1. The largest absolute Gasteiger partial charge is 0.348 e. The summed E-state index contributed by atoms with van der Waals surface area (Å²) in [5.74, 6) is -2.02. The van der Waals surface area contributed by atoms with Crippen LogP contribution >= 0.6 is 0 Å². The van der Waals surface area contributed by atoms with Crippen LogP contribution in [0.3, 0.4) is 0 Å². The van der Waals surface area contributed by atoms with E-state index in [0.717, 1.165) is 23.3 Å². The van der Waals surface area contributed by atoms with Gasteiger partial charge in [0.25, 0.3) is 5.91 Å². The molecular formula is C22H20F2N2O. The van der Waals surface area contributed by atoms with Crippen molar-refractivity contribution in [3.8, 4) is 0 Å². The van der Waals surface area contributed by atoms with Crippen LogP contribution in [0.4, 0.5) is 8.78 Å². The number of allylic oxidation sites excluding steroid dienone is 2. The van der Waals surface area contributed by atoms with Crippen LogP contribution in [0, 0.1) is 18.6 Å². The fourth-order valence-corrected chi connectivity index (χ4v) is 2.87. The number of carbonyl (C=O) groups is 1. The zero-order valence-electron chi connectivity index (χ0n) is 15.0. The molecule has 0 atom stereocenters. The number of hydrogen-bond acceptors (Lipinski definition) is 2. The molecule has 0 spiro atoms. The molecule has 5 heteroatoms. The molecule has 1 aliphatic heterocycles. The van der Waals surface area contributed by atoms with Gasteiger partial charge in [-0.05, 0) is 42.3 Å². The van der Waals surface area contributed by atoms with Crippen molar-refractivity contribution in [3.63, 3.8) is 0 Å². The number of amides is 1. The molecule has 27 heavy (non-hydrogen) atoms. The summed E-state index contributed by atoms with van der Waals surface area (Å²) in [4.78, 5) is 14.3. The second-order valence-electron chi connectivity index (χ2n) is 6.42. The van der Waals surface area contributed by atoms with Crippen LogP contribution in [0.5, 0.6) is 0 Å². The zero-order chi connectivity index (χ0) is 19.4. The first kappa shape index (κ1) is 18.6. The average Bonchev–Trinajstić information content (AvgIpc) is 2.64. The predicted molar refractivity (Wildman–Crippen MR) is 101 cm³/mol. The maximum Gasteiger partial charge on any atom is 0.253 e. The van der Waals surface area contributed by atoms with Gasteiger partial charge in [-0.3, -0.25) is 4.79 Å². The maximum atomic E-state index is 13.4. The van der Waals surface area contributed by atoms with Crippen molar-refractivity contribution in [2.75, 3.05) is 0 Å². The number of aryl methyl sites for hydroxylation is 1. The fraction of sp³-hybridized carbons (Fsp3) is 0.136. The number of benzene rings is 2. The Morgan fingerprint density at radius 2 is 1.93 bits per heavy atom. The Labute approximate surface area is 157 Å². The topological polar surface area (TPSA) is 32.3 Å². The minimum Gasteiger partial charge on any atom is -0.348 e. The third-order valence-electron chi connectivity index (χ3n) is 4.30. The normalized spacial score (nSPS) is 13.5. The molecule has 0 bridgehead atoms. The molecule has 2 aromatic rings. The van der Waals surface area contributed by atoms with Crippen molar-refractivity contribution in [1.29, 1.82) is 0 Å². The van der Waals surface area contributed by atoms with E-state index in [1.165, 1.54) is 6.07 Å². The molecule has 3 rings (SSSR count). The van der Waals surface area contributed by atoms with Crippen LogP contribution < -0.4 is 5.32 Å². The molecule has 0 radical (unpaired) electrons. The Morgan fingerprint density at radius 3 is 2.67 bits per heavy atom. The lowest BCUT2D eigenvalue weighted by molar-refractivity contribution is -0.117. The van der Waals surface area contributed by atoms with Gasteiger partial charge in [0.2, 0.25) is 0 Å². The lowest BCUT2D eigenvalue weighted by Gasteiger charge is -2.27. The molecule has 1 N–H and O–H groups in total. The van der Waals surface area contributed by atoms with Gasteiger partial charge in [-0.15, -0.1) is 0 Å². The van der Waals surface area contributed by atoms with Crippen LogP contribution in [0.15, 0.2) is 78.7 Å². The molecule has 1 heterocycles. The quantitative estimate of drug-likeness (QED) is 0.853. The monoisotopic (exact) mass is 366 g/mol. The summed E-state index contributed by atoms with van der Waals surface area (Å²) in [6.07, 6.45) is 5.17. The molecule has 0 saturated heterocycles. The minimum absolute atomic E-state index is 0.235. The summed E-state index contributed by atoms with van der Waals surface area (Å²) < 4.78 is 26.5. The number of hydrogen-bond donors (Lipinski definition) is 1. The summed E-state index contributed by atoms with van der Waals surface area (Å²) in [6, 6.07) is 11.7. The van der Waals surface area contributed by atoms with Gasteiger partial charge in [-0.1, -0.05) is 42.5 Å². The van der Waals surface area contributed by atoms with Crippen LogP contribution in [0.1, 0.15) is 16.7 Å². The van der Waals surface area contributed by atoms with Gasteiger partial charge >= 0.3 is 0 Å². The fourth-order valence-electron chi connectivity index (χ4n) is 2.87. The van der Waals surface area contributed by atoms with Gasteiger partial charge in [0.05, 0.1) is 5.57 Å². The van der Waals surface area contributed by atoms with E-state index in [2.05, 4.69) is 11.9 Å². The van der Waals surface area contributed by atoms with E-state index in [0.29, 0.717) is 23.4 Å². The van der Waals surface area contributed by atoms with Crippen molar-refractivity contribution in [3.05, 3.63) is 107 Å². The first-order valence-corrected chi connectivity index (χ1v) is 8.56. The summed E-state index contributed by atoms with van der Waals surface area (Å²) in [6.45, 7) is 6.68. The van der Waals surface area contributed by atoms with Crippen molar-refractivity contribution < 1.29 is 13.6 Å². The molecule has 1 aliphatic rings. The third-order valence-corrected chi connectivity index (χ3v) is 4.30. The highest BCUT2D eigenvalue weighted by molar-refractivity contribution is 5.98. The first-order chi connectivity index (χ1) is 12.9. The highest BCUT2D eigenvalue weighted by Crippen LogP contribution is 2.22. The maximum absolute atomic E-state index is 13.4. The molecule has 1 amide bonds. The summed E-state index contributed by atoms with van der Waals surface area (Å²) in [5, 5.41) is 2.89. The van der Waals surface area contributed by atoms with E-state index in [1.54, 1.807) is 23.3 Å². The summed E-state index contributed by atoms with van der Waals surface area (Å²) in [7, 11) is 0. The molecule has 0 saturated carbocycles. The molecule has 2 aromatic carbocycles. The Balaban J connectivity index is 1.65. The van der Waals surface area contributed by atoms with Crippen LogP contribution in [0.25, 0.3) is 0 Å². The number of halogens is 2. The van der Waals surface area contributed by atoms with E-state index in [1.807, 2.05) is 31.2 Å². The second kappa shape index (κ2) is 7.99. The van der Waals surface area contributed by atoms with Gasteiger partial charge in [-0.2, -0.15) is 0 Å². The highest BCUT2D eigenvalue weighted by atomic mass is 19.2. The predicted octanol–water partition coefficient (Wildman–Crippen LogP) is 4.36. The Hall–Kier alpha value is -3.21. The third kappa shape index (κ3) is 4.50. The van der Waals surface area contributed by atoms with E-state index >= 15 is 0 Å². The highest BCUT2D eigenvalue weighted by Gasteiger charge is 2.19. The van der Waals surface area contributed by atoms with Crippen LogP contribution in [0.2, 0.25) is 0 Å². The lowest BCUT2D eigenvalue weighted by Crippen LogP contribution is -2.30. The van der Waals surface area contributed by atoms with Gasteiger partial charge in [0, 0.05) is 25.0 Å². The number of nitrogens with one attached hydrogen (secondary N) is 1. The molecule has 0 aliphatic carbocycles. The lowest BCUT2D eigenvalue weighted by atomic mass is 10.1. The Kier molecular flexibility index (Phi) is 5.50. The van der Waals surface area contributed by atoms with E-state index in [-0.39, 0.29) is 12.5 Å². The second-order valence-corrected chi connectivity index (χ2v) is 6.42. The number of rotatable bonds is 5. The summed E-state index contributed by atoms with van der Waals surface area (Å²) in [5.41, 5.74) is 3.67. The molecule has 0 aromatic heterocycles. The van der Waals surface area contributed by atoms with E-state index in [9.17, 15) is 13.6 Å². The molecular weight excluding hydrogens is 346 g/mol. The Bertz CT molecular complexity index is 947. The van der Waals surface area contributed by atoms with Gasteiger partial charge in [-0.25, -0.2) is 8.78 Å². The average molecular weight is 366 g/mol. The van der Waals surface area contributed by atoms with Crippen LogP contribution in [-0.2, 0) is 17.9 Å². The standard InChI is InChI=1S/C22H20F2N2O/c1-15-5-3-6-17(11-15)13-25-22(27)19-7-4-10-26(16(19)2)14-18-8-9-20(23)21(24)12-18/h3-12H,2,13-14H2,1H3,(H,25,27). The van der Waals surface area contributed by atoms with Crippen molar-refractivity contribution in [1.82, 2.24) is 10.2 Å².